The summed E-state index contributed by atoms with van der Waals surface area (Å²) in [4.78, 5) is 31.0. The largest absolute Gasteiger partial charge is 0.352 e. The van der Waals surface area contributed by atoms with E-state index in [1.165, 1.54) is 22.2 Å². The van der Waals surface area contributed by atoms with Crippen molar-refractivity contribution in [3.8, 4) is 10.4 Å². The molecule has 0 aromatic carbocycles. The fourth-order valence-corrected chi connectivity index (χ4v) is 4.39. The predicted octanol–water partition coefficient (Wildman–Crippen LogP) is 3.49. The molecule has 7 heteroatoms. The van der Waals surface area contributed by atoms with E-state index in [4.69, 9.17) is 0 Å². The number of amides is 1. The van der Waals surface area contributed by atoms with E-state index in [2.05, 4.69) is 17.2 Å². The summed E-state index contributed by atoms with van der Waals surface area (Å²) in [5, 5.41) is 7.45. The molecule has 1 unspecified atom stereocenters. The van der Waals surface area contributed by atoms with Crippen molar-refractivity contribution in [2.75, 3.05) is 0 Å². The van der Waals surface area contributed by atoms with Crippen LogP contribution in [0.1, 0.15) is 26.7 Å². The number of nitrogens with one attached hydrogen (secondary N) is 1. The molecular weight excluding hydrogens is 342 g/mol. The Balaban J connectivity index is 1.90. The predicted molar refractivity (Wildman–Crippen MR) is 99.7 cm³/mol. The van der Waals surface area contributed by atoms with Crippen molar-refractivity contribution in [2.45, 2.75) is 39.3 Å². The maximum Gasteiger partial charge on any atom is 0.263 e. The average Bonchev–Trinajstić information content (AvgIpc) is 3.19. The molecule has 1 N–H and O–H groups in total. The van der Waals surface area contributed by atoms with Crippen LogP contribution in [0.15, 0.2) is 34.0 Å². The minimum absolute atomic E-state index is 0.00441. The Labute approximate surface area is 148 Å². The quantitative estimate of drug-likeness (QED) is 0.731. The van der Waals surface area contributed by atoms with Gasteiger partial charge in [0, 0.05) is 21.9 Å². The van der Waals surface area contributed by atoms with Gasteiger partial charge in [-0.3, -0.25) is 14.2 Å². The van der Waals surface area contributed by atoms with Gasteiger partial charge in [-0.25, -0.2) is 4.98 Å². The van der Waals surface area contributed by atoms with Gasteiger partial charge < -0.3 is 5.32 Å². The number of fused-ring (bicyclic) bond motifs is 1. The van der Waals surface area contributed by atoms with Gasteiger partial charge in [-0.1, -0.05) is 19.4 Å². The monoisotopic (exact) mass is 361 g/mol. The molecule has 0 saturated carbocycles. The van der Waals surface area contributed by atoms with Crippen molar-refractivity contribution < 1.29 is 4.79 Å². The lowest BCUT2D eigenvalue weighted by molar-refractivity contribution is -0.122. The third-order valence-corrected chi connectivity index (χ3v) is 5.58. The van der Waals surface area contributed by atoms with Crippen LogP contribution in [0.25, 0.3) is 20.7 Å². The van der Waals surface area contributed by atoms with Crippen molar-refractivity contribution in [3.05, 3.63) is 39.6 Å². The van der Waals surface area contributed by atoms with Crippen molar-refractivity contribution in [1.82, 2.24) is 14.9 Å². The molecule has 3 aromatic rings. The molecule has 5 nitrogen and oxygen atoms in total. The van der Waals surface area contributed by atoms with Crippen LogP contribution in [0.5, 0.6) is 0 Å². The van der Waals surface area contributed by atoms with E-state index in [-0.39, 0.29) is 24.1 Å². The summed E-state index contributed by atoms with van der Waals surface area (Å²) < 4.78 is 1.39. The molecule has 3 rings (SSSR count). The molecule has 3 heterocycles. The van der Waals surface area contributed by atoms with Crippen molar-refractivity contribution in [2.24, 2.45) is 0 Å². The molecule has 0 bridgehead atoms. The number of aromatic nitrogens is 2. The molecular formula is C17H19N3O2S2. The van der Waals surface area contributed by atoms with Crippen LogP contribution >= 0.6 is 22.7 Å². The van der Waals surface area contributed by atoms with Crippen LogP contribution in [-0.2, 0) is 11.3 Å². The minimum atomic E-state index is -0.164. The van der Waals surface area contributed by atoms with Gasteiger partial charge in [0.25, 0.3) is 5.56 Å². The first-order valence-electron chi connectivity index (χ1n) is 7.90. The topological polar surface area (TPSA) is 64.0 Å². The molecule has 0 fully saturated rings. The van der Waals surface area contributed by atoms with Gasteiger partial charge >= 0.3 is 0 Å². The second kappa shape index (κ2) is 7.27. The Morgan fingerprint density at radius 3 is 2.96 bits per heavy atom. The average molecular weight is 361 g/mol. The molecule has 1 atom stereocenters. The summed E-state index contributed by atoms with van der Waals surface area (Å²) in [5.74, 6) is -0.160. The zero-order valence-corrected chi connectivity index (χ0v) is 15.2. The molecule has 0 radical (unpaired) electrons. The van der Waals surface area contributed by atoms with E-state index in [9.17, 15) is 9.59 Å². The molecule has 3 aromatic heterocycles. The summed E-state index contributed by atoms with van der Waals surface area (Å²) in [7, 11) is 0. The maximum absolute atomic E-state index is 12.8. The SMILES string of the molecule is CCCC(C)NC(=O)Cn1cnc2scc(-c3cccs3)c2c1=O. The van der Waals surface area contributed by atoms with Crippen LogP contribution < -0.4 is 10.9 Å². The number of carbonyl (C=O) groups is 1. The van der Waals surface area contributed by atoms with E-state index in [1.807, 2.05) is 29.8 Å². The van der Waals surface area contributed by atoms with Gasteiger partial charge in [0.15, 0.2) is 0 Å². The number of hydrogen-bond acceptors (Lipinski definition) is 5. The van der Waals surface area contributed by atoms with Gasteiger partial charge in [0.2, 0.25) is 5.91 Å². The van der Waals surface area contributed by atoms with E-state index in [0.29, 0.717) is 10.2 Å². The van der Waals surface area contributed by atoms with E-state index < -0.39 is 0 Å². The van der Waals surface area contributed by atoms with Crippen molar-refractivity contribution >= 4 is 38.8 Å². The lowest BCUT2D eigenvalue weighted by atomic mass is 10.2. The summed E-state index contributed by atoms with van der Waals surface area (Å²) in [6.07, 6.45) is 3.39. The number of carbonyl (C=O) groups excluding carboxylic acids is 1. The minimum Gasteiger partial charge on any atom is -0.352 e. The lowest BCUT2D eigenvalue weighted by Crippen LogP contribution is -2.37. The van der Waals surface area contributed by atoms with Crippen molar-refractivity contribution in [1.29, 1.82) is 0 Å². The van der Waals surface area contributed by atoms with E-state index in [0.717, 1.165) is 23.3 Å². The first-order chi connectivity index (χ1) is 11.6. The van der Waals surface area contributed by atoms with Crippen LogP contribution in [0.3, 0.4) is 0 Å². The summed E-state index contributed by atoms with van der Waals surface area (Å²) in [6, 6.07) is 4.06. The summed E-state index contributed by atoms with van der Waals surface area (Å²) >= 11 is 3.04. The Morgan fingerprint density at radius 1 is 1.42 bits per heavy atom. The van der Waals surface area contributed by atoms with Crippen LogP contribution in [0.2, 0.25) is 0 Å². The second-order valence-electron chi connectivity index (χ2n) is 5.74. The normalized spacial score (nSPS) is 12.4. The highest BCUT2D eigenvalue weighted by molar-refractivity contribution is 7.18. The molecule has 24 heavy (non-hydrogen) atoms. The third kappa shape index (κ3) is 3.42. The molecule has 0 saturated heterocycles. The van der Waals surface area contributed by atoms with Crippen LogP contribution in [0.4, 0.5) is 0 Å². The fraction of sp³-hybridized carbons (Fsp3) is 0.353. The zero-order chi connectivity index (χ0) is 17.1. The molecule has 0 aliphatic heterocycles. The highest BCUT2D eigenvalue weighted by Gasteiger charge is 2.15. The fourth-order valence-electron chi connectivity index (χ4n) is 2.67. The van der Waals surface area contributed by atoms with Crippen LogP contribution in [-0.4, -0.2) is 21.5 Å². The van der Waals surface area contributed by atoms with Gasteiger partial charge in [-0.2, -0.15) is 0 Å². The van der Waals surface area contributed by atoms with Crippen molar-refractivity contribution in [3.63, 3.8) is 0 Å². The Bertz CT molecular complexity index is 896. The van der Waals surface area contributed by atoms with Gasteiger partial charge in [0.1, 0.15) is 11.4 Å². The van der Waals surface area contributed by atoms with Gasteiger partial charge in [-0.15, -0.1) is 22.7 Å². The molecule has 1 amide bonds. The Hall–Kier alpha value is -1.99. The Kier molecular flexibility index (Phi) is 5.11. The summed E-state index contributed by atoms with van der Waals surface area (Å²) in [5.41, 5.74) is 0.736. The standard InChI is InChI=1S/C17H19N3O2S2/c1-3-5-11(2)19-14(21)8-20-10-18-16-15(17(20)22)12(9-24-16)13-6-4-7-23-13/h4,6-7,9-11H,3,5,8H2,1-2H3,(H,19,21). The molecule has 0 aliphatic rings. The first-order valence-corrected chi connectivity index (χ1v) is 9.66. The highest BCUT2D eigenvalue weighted by Crippen LogP contribution is 2.33. The number of thiophene rings is 2. The smallest absolute Gasteiger partial charge is 0.263 e. The number of nitrogens with zero attached hydrogens (tertiary/aromatic N) is 2. The maximum atomic E-state index is 12.8. The number of hydrogen-bond donors (Lipinski definition) is 1. The Morgan fingerprint density at radius 2 is 2.25 bits per heavy atom. The zero-order valence-electron chi connectivity index (χ0n) is 13.6. The second-order valence-corrected chi connectivity index (χ2v) is 7.55. The van der Waals surface area contributed by atoms with Crippen LogP contribution in [0, 0.1) is 0 Å². The van der Waals surface area contributed by atoms with Gasteiger partial charge in [0.05, 0.1) is 11.7 Å². The molecule has 126 valence electrons. The number of rotatable bonds is 6. The summed E-state index contributed by atoms with van der Waals surface area (Å²) in [6.45, 7) is 4.04. The molecule has 0 spiro atoms. The third-order valence-electron chi connectivity index (χ3n) is 3.79. The first kappa shape index (κ1) is 16.9. The highest BCUT2D eigenvalue weighted by atomic mass is 32.1. The lowest BCUT2D eigenvalue weighted by Gasteiger charge is -2.13. The van der Waals surface area contributed by atoms with E-state index >= 15 is 0 Å². The molecule has 0 aliphatic carbocycles. The van der Waals surface area contributed by atoms with Gasteiger partial charge in [-0.05, 0) is 24.8 Å². The van der Waals surface area contributed by atoms with E-state index in [1.54, 1.807) is 11.3 Å².